The van der Waals surface area contributed by atoms with Gasteiger partial charge in [0.1, 0.15) is 11.7 Å². The van der Waals surface area contributed by atoms with Crippen LogP contribution in [0.3, 0.4) is 0 Å². The number of aliphatic hydroxyl groups excluding tert-OH is 1. The van der Waals surface area contributed by atoms with E-state index in [1.54, 1.807) is 0 Å². The molecule has 1 saturated heterocycles. The number of aromatic nitrogens is 1. The molecule has 0 saturated carbocycles. The lowest BCUT2D eigenvalue weighted by Crippen LogP contribution is -2.58. The Balaban J connectivity index is 1.53. The molecular formula is C28H33N5O4S2. The summed E-state index contributed by atoms with van der Waals surface area (Å²) in [5.74, 6) is -1.22. The Hall–Kier alpha value is -3.41. The molecule has 2 heterocycles. The van der Waals surface area contributed by atoms with Gasteiger partial charge in [-0.2, -0.15) is 0 Å². The monoisotopic (exact) mass is 567 g/mol. The van der Waals surface area contributed by atoms with E-state index < -0.39 is 34.7 Å². The van der Waals surface area contributed by atoms with Crippen LogP contribution in [0.25, 0.3) is 0 Å². The topological polar surface area (TPSA) is 138 Å². The van der Waals surface area contributed by atoms with Crippen LogP contribution < -0.4 is 16.4 Å². The lowest BCUT2D eigenvalue weighted by atomic mass is 9.97. The molecule has 39 heavy (non-hydrogen) atoms. The van der Waals surface area contributed by atoms with Crippen molar-refractivity contribution in [2.24, 2.45) is 0 Å². The maximum absolute atomic E-state index is 13.7. The number of thiazole rings is 1. The Morgan fingerprint density at radius 1 is 1.15 bits per heavy atom. The minimum atomic E-state index is -1.59. The minimum Gasteiger partial charge on any atom is -0.381 e. The van der Waals surface area contributed by atoms with Gasteiger partial charge in [0.05, 0.1) is 11.9 Å². The molecule has 0 spiro atoms. The van der Waals surface area contributed by atoms with E-state index in [0.29, 0.717) is 6.54 Å². The largest absolute Gasteiger partial charge is 0.381 e. The molecule has 1 aliphatic heterocycles. The van der Waals surface area contributed by atoms with Crippen molar-refractivity contribution in [2.45, 2.75) is 56.7 Å². The summed E-state index contributed by atoms with van der Waals surface area (Å²) < 4.78 is -0.582. The summed E-state index contributed by atoms with van der Waals surface area (Å²) in [6.45, 7) is 6.12. The highest BCUT2D eigenvalue weighted by Gasteiger charge is 2.49. The third-order valence-electron chi connectivity index (χ3n) is 6.80. The number of carbonyl (C=O) groups is 3. The number of nitrogens with two attached hydrogens (primary N) is 1. The fraction of sp³-hybridized carbons (Fsp3) is 0.357. The van der Waals surface area contributed by atoms with Crippen molar-refractivity contribution in [3.8, 4) is 0 Å². The maximum atomic E-state index is 13.7. The van der Waals surface area contributed by atoms with E-state index in [1.165, 1.54) is 22.0 Å². The molecule has 0 radical (unpaired) electrons. The standard InChI is InChI=1S/C28H33N5O4S2/c1-17-9-7-8-12-19(17)14-30-25(36)23-28(2,3)39-16-33(23)26(37)22(34)20(13-18-10-5-4-6-11-18)31-24(35)21-15-38-27(29)32-21/h4-12,15,20,22-23,34H,13-14,16H2,1-3H3,(H2,29,32)(H,30,36)(H,31,35)/t20-,22-,23+/m0/s1. The van der Waals surface area contributed by atoms with Crippen LogP contribution in [0.15, 0.2) is 60.0 Å². The summed E-state index contributed by atoms with van der Waals surface area (Å²) in [6, 6.07) is 15.3. The van der Waals surface area contributed by atoms with Crippen molar-refractivity contribution in [1.29, 1.82) is 0 Å². The highest BCUT2D eigenvalue weighted by molar-refractivity contribution is 8.00. The van der Waals surface area contributed by atoms with E-state index in [1.807, 2.05) is 75.4 Å². The summed E-state index contributed by atoms with van der Waals surface area (Å²) in [5.41, 5.74) is 8.66. The third kappa shape index (κ3) is 6.78. The molecule has 0 bridgehead atoms. The first kappa shape index (κ1) is 28.6. The number of nitrogen functional groups attached to an aromatic ring is 1. The van der Waals surface area contributed by atoms with Gasteiger partial charge < -0.3 is 26.4 Å². The molecule has 1 aromatic heterocycles. The van der Waals surface area contributed by atoms with Gasteiger partial charge in [-0.3, -0.25) is 14.4 Å². The minimum absolute atomic E-state index is 0.113. The first-order valence-electron chi connectivity index (χ1n) is 12.6. The average Bonchev–Trinajstić information content (AvgIpc) is 3.49. The van der Waals surface area contributed by atoms with Crippen LogP contribution in [-0.2, 0) is 22.6 Å². The quantitative estimate of drug-likeness (QED) is 0.312. The van der Waals surface area contributed by atoms with Crippen molar-refractivity contribution < 1.29 is 19.5 Å². The van der Waals surface area contributed by atoms with Gasteiger partial charge in [0, 0.05) is 16.7 Å². The molecular weight excluding hydrogens is 534 g/mol. The molecule has 11 heteroatoms. The second-order valence-electron chi connectivity index (χ2n) is 10.0. The molecule has 5 N–H and O–H groups in total. The van der Waals surface area contributed by atoms with Crippen molar-refractivity contribution >= 4 is 46.0 Å². The van der Waals surface area contributed by atoms with E-state index in [4.69, 9.17) is 5.73 Å². The summed E-state index contributed by atoms with van der Waals surface area (Å²) >= 11 is 2.59. The van der Waals surface area contributed by atoms with Crippen LogP contribution in [0.4, 0.5) is 5.13 Å². The number of nitrogens with zero attached hydrogens (tertiary/aromatic N) is 2. The van der Waals surface area contributed by atoms with Gasteiger partial charge >= 0.3 is 0 Å². The van der Waals surface area contributed by atoms with Crippen molar-refractivity contribution in [3.63, 3.8) is 0 Å². The number of rotatable bonds is 9. The van der Waals surface area contributed by atoms with Crippen LogP contribution in [0.2, 0.25) is 0 Å². The molecule has 1 fully saturated rings. The second-order valence-corrected chi connectivity index (χ2v) is 12.5. The Morgan fingerprint density at radius 2 is 1.85 bits per heavy atom. The fourth-order valence-electron chi connectivity index (χ4n) is 4.59. The first-order valence-corrected chi connectivity index (χ1v) is 14.4. The van der Waals surface area contributed by atoms with E-state index in [-0.39, 0.29) is 29.0 Å². The summed E-state index contributed by atoms with van der Waals surface area (Å²) in [6.07, 6.45) is -1.39. The molecule has 3 aromatic rings. The summed E-state index contributed by atoms with van der Waals surface area (Å²) in [7, 11) is 0. The number of carbonyl (C=O) groups excluding carboxylic acids is 3. The SMILES string of the molecule is Cc1ccccc1CNC(=O)[C@H]1N(C(=O)[C@@H](O)[C@H](Cc2ccccc2)NC(=O)c2csc(N)n2)CSC1(C)C. The number of amides is 3. The Morgan fingerprint density at radius 3 is 2.51 bits per heavy atom. The summed E-state index contributed by atoms with van der Waals surface area (Å²) in [4.78, 5) is 45.5. The number of benzene rings is 2. The first-order chi connectivity index (χ1) is 18.6. The van der Waals surface area contributed by atoms with Crippen molar-refractivity contribution in [1.82, 2.24) is 20.5 Å². The maximum Gasteiger partial charge on any atom is 0.271 e. The normalized spacial score (nSPS) is 17.8. The molecule has 3 atom stereocenters. The van der Waals surface area contributed by atoms with E-state index >= 15 is 0 Å². The van der Waals surface area contributed by atoms with Crippen LogP contribution in [0.5, 0.6) is 0 Å². The molecule has 2 aromatic carbocycles. The van der Waals surface area contributed by atoms with Crippen LogP contribution in [0.1, 0.15) is 41.0 Å². The van der Waals surface area contributed by atoms with Crippen LogP contribution >= 0.6 is 23.1 Å². The number of aliphatic hydroxyl groups is 1. The van der Waals surface area contributed by atoms with Gasteiger partial charge in [0.2, 0.25) is 5.91 Å². The highest BCUT2D eigenvalue weighted by atomic mass is 32.2. The molecule has 4 rings (SSSR count). The number of anilines is 1. The number of hydrogen-bond acceptors (Lipinski definition) is 8. The fourth-order valence-corrected chi connectivity index (χ4v) is 6.27. The van der Waals surface area contributed by atoms with Crippen LogP contribution in [-0.4, -0.2) is 61.5 Å². The van der Waals surface area contributed by atoms with E-state index in [2.05, 4.69) is 15.6 Å². The third-order valence-corrected chi connectivity index (χ3v) is 8.84. The van der Waals surface area contributed by atoms with E-state index in [9.17, 15) is 19.5 Å². The zero-order valence-electron chi connectivity index (χ0n) is 22.1. The molecule has 3 amide bonds. The molecule has 9 nitrogen and oxygen atoms in total. The Bertz CT molecular complexity index is 1330. The predicted molar refractivity (Wildman–Crippen MR) is 154 cm³/mol. The number of nitrogens with one attached hydrogen (secondary N) is 2. The molecule has 0 aliphatic carbocycles. The van der Waals surface area contributed by atoms with Crippen molar-refractivity contribution in [2.75, 3.05) is 11.6 Å². The number of thioether (sulfide) groups is 1. The molecule has 206 valence electrons. The molecule has 1 aliphatic rings. The van der Waals surface area contributed by atoms with E-state index in [0.717, 1.165) is 28.0 Å². The van der Waals surface area contributed by atoms with Crippen LogP contribution in [0, 0.1) is 6.92 Å². The predicted octanol–water partition coefficient (Wildman–Crippen LogP) is 2.73. The Labute approximate surface area is 236 Å². The van der Waals surface area contributed by atoms with Gasteiger partial charge in [0.25, 0.3) is 11.8 Å². The molecule has 0 unspecified atom stereocenters. The lowest BCUT2D eigenvalue weighted by molar-refractivity contribution is -0.147. The Kier molecular flexibility index (Phi) is 8.94. The van der Waals surface area contributed by atoms with Gasteiger partial charge in [-0.05, 0) is 43.9 Å². The highest BCUT2D eigenvalue weighted by Crippen LogP contribution is 2.40. The van der Waals surface area contributed by atoms with Gasteiger partial charge in [-0.1, -0.05) is 54.6 Å². The summed E-state index contributed by atoms with van der Waals surface area (Å²) in [5, 5.41) is 18.8. The smallest absolute Gasteiger partial charge is 0.271 e. The van der Waals surface area contributed by atoms with Gasteiger partial charge in [0.15, 0.2) is 11.2 Å². The van der Waals surface area contributed by atoms with Crippen molar-refractivity contribution in [3.05, 3.63) is 82.4 Å². The number of hydrogen-bond donors (Lipinski definition) is 4. The zero-order chi connectivity index (χ0) is 28.2. The lowest BCUT2D eigenvalue weighted by Gasteiger charge is -2.33. The average molecular weight is 568 g/mol. The van der Waals surface area contributed by atoms with Gasteiger partial charge in [-0.25, -0.2) is 4.98 Å². The van der Waals surface area contributed by atoms with Gasteiger partial charge in [-0.15, -0.1) is 23.1 Å². The number of aryl methyl sites for hydroxylation is 1. The zero-order valence-corrected chi connectivity index (χ0v) is 23.7. The second kappa shape index (κ2) is 12.2.